The molecule has 1 aromatic rings. The number of hydrogen-bond acceptors (Lipinski definition) is 2. The van der Waals surface area contributed by atoms with Crippen LogP contribution in [0.5, 0.6) is 0 Å². The van der Waals surface area contributed by atoms with E-state index in [0.717, 1.165) is 51.6 Å². The van der Waals surface area contributed by atoms with Crippen molar-refractivity contribution in [1.29, 1.82) is 0 Å². The molecule has 0 spiro atoms. The molecule has 1 aliphatic heterocycles. The number of carbonyl (C=O) groups excluding carboxylic acids is 1. The number of hydrogen-bond donors (Lipinski definition) is 1. The fourth-order valence-corrected chi connectivity index (χ4v) is 3.54. The molecule has 1 aliphatic rings. The number of aryl methyl sites for hydroxylation is 3. The molecule has 0 aromatic heterocycles. The first-order chi connectivity index (χ1) is 11.9. The predicted octanol–water partition coefficient (Wildman–Crippen LogP) is 2.28. The van der Waals surface area contributed by atoms with Gasteiger partial charge in [0.05, 0.1) is 0 Å². The number of nitrogens with zero attached hydrogens (tertiary/aromatic N) is 3. The van der Waals surface area contributed by atoms with E-state index in [0.29, 0.717) is 0 Å². The van der Waals surface area contributed by atoms with E-state index in [1.54, 1.807) is 6.92 Å². The van der Waals surface area contributed by atoms with E-state index in [1.807, 2.05) is 4.90 Å². The molecule has 0 atom stereocenters. The van der Waals surface area contributed by atoms with Crippen LogP contribution >= 0.6 is 0 Å². The largest absolute Gasteiger partial charge is 0.357 e. The summed E-state index contributed by atoms with van der Waals surface area (Å²) < 4.78 is 0. The van der Waals surface area contributed by atoms with Gasteiger partial charge in [-0.3, -0.25) is 9.79 Å². The van der Waals surface area contributed by atoms with Gasteiger partial charge >= 0.3 is 0 Å². The maximum atomic E-state index is 11.5. The summed E-state index contributed by atoms with van der Waals surface area (Å²) in [7, 11) is 0. The Hall–Kier alpha value is -2.04. The van der Waals surface area contributed by atoms with Gasteiger partial charge in [-0.15, -0.1) is 0 Å². The monoisotopic (exact) mass is 344 g/mol. The Kier molecular flexibility index (Phi) is 6.85. The average Bonchev–Trinajstić information content (AvgIpc) is 2.56. The van der Waals surface area contributed by atoms with E-state index in [-0.39, 0.29) is 5.91 Å². The average molecular weight is 345 g/mol. The smallest absolute Gasteiger partial charge is 0.219 e. The van der Waals surface area contributed by atoms with E-state index < -0.39 is 0 Å². The van der Waals surface area contributed by atoms with Crippen molar-refractivity contribution < 1.29 is 4.79 Å². The molecule has 5 nitrogen and oxygen atoms in total. The van der Waals surface area contributed by atoms with Crippen LogP contribution in [0.25, 0.3) is 0 Å². The summed E-state index contributed by atoms with van der Waals surface area (Å²) in [5.41, 5.74) is 5.44. The Morgan fingerprint density at radius 1 is 1.08 bits per heavy atom. The molecule has 0 unspecified atom stereocenters. The molecule has 1 aromatic carbocycles. The van der Waals surface area contributed by atoms with Crippen molar-refractivity contribution in [3.05, 3.63) is 34.4 Å². The van der Waals surface area contributed by atoms with E-state index in [4.69, 9.17) is 4.99 Å². The lowest BCUT2D eigenvalue weighted by Gasteiger charge is -2.36. The molecule has 1 heterocycles. The molecule has 0 radical (unpaired) electrons. The van der Waals surface area contributed by atoms with Crippen LogP contribution in [0.1, 0.15) is 36.1 Å². The highest BCUT2D eigenvalue weighted by Gasteiger charge is 2.20. The van der Waals surface area contributed by atoms with Crippen LogP contribution in [-0.2, 0) is 11.2 Å². The van der Waals surface area contributed by atoms with Gasteiger partial charge in [0.15, 0.2) is 5.96 Å². The summed E-state index contributed by atoms with van der Waals surface area (Å²) in [5.74, 6) is 1.13. The second-order valence-electron chi connectivity index (χ2n) is 6.86. The Labute approximate surface area is 152 Å². The number of piperazine rings is 1. The van der Waals surface area contributed by atoms with Crippen LogP contribution in [0, 0.1) is 20.8 Å². The number of aliphatic imine (C=N–C) groups is 1. The normalized spacial score (nSPS) is 15.5. The van der Waals surface area contributed by atoms with Crippen LogP contribution in [0.3, 0.4) is 0 Å². The number of amides is 1. The number of rotatable bonds is 4. The van der Waals surface area contributed by atoms with Gasteiger partial charge in [0, 0.05) is 46.2 Å². The third kappa shape index (κ3) is 5.21. The minimum Gasteiger partial charge on any atom is -0.357 e. The zero-order valence-corrected chi connectivity index (χ0v) is 16.4. The number of guanidine groups is 1. The summed E-state index contributed by atoms with van der Waals surface area (Å²) in [4.78, 5) is 20.5. The molecule has 0 bridgehead atoms. The maximum Gasteiger partial charge on any atom is 0.219 e. The standard InChI is InChI=1S/C20H32N4O/c1-6-21-20(24-11-9-23(10-12-24)18(5)25)22-8-7-19-16(3)13-15(2)14-17(19)4/h13-14H,6-12H2,1-5H3,(H,21,22). The van der Waals surface area contributed by atoms with E-state index in [1.165, 1.54) is 22.3 Å². The molecule has 0 aliphatic carbocycles. The maximum absolute atomic E-state index is 11.5. The van der Waals surface area contributed by atoms with Crippen LogP contribution in [0.2, 0.25) is 0 Å². The summed E-state index contributed by atoms with van der Waals surface area (Å²) in [5, 5.41) is 3.39. The molecule has 1 saturated heterocycles. The molecule has 1 fully saturated rings. The van der Waals surface area contributed by atoms with Gasteiger partial charge in [-0.1, -0.05) is 17.7 Å². The molecule has 1 amide bonds. The Bertz CT molecular complexity index is 608. The molecule has 138 valence electrons. The molecule has 2 rings (SSSR count). The third-order valence-corrected chi connectivity index (χ3v) is 4.82. The van der Waals surface area contributed by atoms with Gasteiger partial charge in [0.2, 0.25) is 5.91 Å². The number of nitrogens with one attached hydrogen (secondary N) is 1. The quantitative estimate of drug-likeness (QED) is 0.673. The Balaban J connectivity index is 2.00. The van der Waals surface area contributed by atoms with Crippen LogP contribution in [-0.4, -0.2) is 60.9 Å². The summed E-state index contributed by atoms with van der Waals surface area (Å²) in [6.45, 7) is 15.1. The first kappa shape index (κ1) is 19.3. The van der Waals surface area contributed by atoms with Crippen molar-refractivity contribution in [3.63, 3.8) is 0 Å². The Morgan fingerprint density at radius 3 is 2.16 bits per heavy atom. The topological polar surface area (TPSA) is 47.9 Å². The Morgan fingerprint density at radius 2 is 1.64 bits per heavy atom. The van der Waals surface area contributed by atoms with Crippen LogP contribution < -0.4 is 5.32 Å². The highest BCUT2D eigenvalue weighted by atomic mass is 16.2. The first-order valence-electron chi connectivity index (χ1n) is 9.27. The number of benzene rings is 1. The summed E-state index contributed by atoms with van der Waals surface area (Å²) >= 11 is 0. The van der Waals surface area contributed by atoms with Crippen LogP contribution in [0.4, 0.5) is 0 Å². The van der Waals surface area contributed by atoms with Crippen molar-refractivity contribution in [2.24, 2.45) is 4.99 Å². The fraction of sp³-hybridized carbons (Fsp3) is 0.600. The van der Waals surface area contributed by atoms with Crippen molar-refractivity contribution in [2.45, 2.75) is 41.0 Å². The molecule has 5 heteroatoms. The molecule has 1 N–H and O–H groups in total. The van der Waals surface area contributed by atoms with Crippen molar-refractivity contribution in [3.8, 4) is 0 Å². The fourth-order valence-electron chi connectivity index (χ4n) is 3.54. The third-order valence-electron chi connectivity index (χ3n) is 4.82. The lowest BCUT2D eigenvalue weighted by atomic mass is 9.97. The van der Waals surface area contributed by atoms with Crippen molar-refractivity contribution in [1.82, 2.24) is 15.1 Å². The van der Waals surface area contributed by atoms with E-state index in [9.17, 15) is 4.79 Å². The zero-order chi connectivity index (χ0) is 18.4. The second-order valence-corrected chi connectivity index (χ2v) is 6.86. The van der Waals surface area contributed by atoms with Gasteiger partial charge in [-0.25, -0.2) is 0 Å². The molecular weight excluding hydrogens is 312 g/mol. The van der Waals surface area contributed by atoms with Gasteiger partial charge in [-0.2, -0.15) is 0 Å². The van der Waals surface area contributed by atoms with Gasteiger partial charge in [0.25, 0.3) is 0 Å². The summed E-state index contributed by atoms with van der Waals surface area (Å²) in [6.07, 6.45) is 0.959. The van der Waals surface area contributed by atoms with Crippen molar-refractivity contribution in [2.75, 3.05) is 39.3 Å². The van der Waals surface area contributed by atoms with Gasteiger partial charge < -0.3 is 15.1 Å². The van der Waals surface area contributed by atoms with Crippen molar-refractivity contribution >= 4 is 11.9 Å². The first-order valence-corrected chi connectivity index (χ1v) is 9.27. The minimum absolute atomic E-state index is 0.159. The van der Waals surface area contributed by atoms with E-state index in [2.05, 4.69) is 50.0 Å². The highest BCUT2D eigenvalue weighted by molar-refractivity contribution is 5.80. The lowest BCUT2D eigenvalue weighted by molar-refractivity contribution is -0.130. The predicted molar refractivity (Wildman–Crippen MR) is 104 cm³/mol. The van der Waals surface area contributed by atoms with Crippen LogP contribution in [0.15, 0.2) is 17.1 Å². The van der Waals surface area contributed by atoms with Gasteiger partial charge in [-0.05, 0) is 50.8 Å². The summed E-state index contributed by atoms with van der Waals surface area (Å²) in [6, 6.07) is 4.50. The lowest BCUT2D eigenvalue weighted by Crippen LogP contribution is -2.53. The number of carbonyl (C=O) groups is 1. The second kappa shape index (κ2) is 8.88. The van der Waals surface area contributed by atoms with E-state index >= 15 is 0 Å². The molecule has 0 saturated carbocycles. The molecule has 25 heavy (non-hydrogen) atoms. The highest BCUT2D eigenvalue weighted by Crippen LogP contribution is 2.17. The SMILES string of the molecule is CCNC(=NCCc1c(C)cc(C)cc1C)N1CCN(C(C)=O)CC1. The minimum atomic E-state index is 0.159. The zero-order valence-electron chi connectivity index (χ0n) is 16.4. The van der Waals surface area contributed by atoms with Gasteiger partial charge in [0.1, 0.15) is 0 Å². The molecular formula is C20H32N4O.